The molecule has 1 fully saturated rings. The van der Waals surface area contributed by atoms with Crippen LogP contribution in [0.15, 0.2) is 23.1 Å². The number of hydrogen-bond donors (Lipinski definition) is 0. The Hall–Kier alpha value is -1.62. The van der Waals surface area contributed by atoms with Crippen molar-refractivity contribution in [3.8, 4) is 0 Å². The van der Waals surface area contributed by atoms with Gasteiger partial charge in [-0.2, -0.15) is 4.31 Å². The number of imidazole rings is 1. The summed E-state index contributed by atoms with van der Waals surface area (Å²) in [5.74, 6) is 1.32. The van der Waals surface area contributed by atoms with Crippen molar-refractivity contribution >= 4 is 38.8 Å². The topological polar surface area (TPSA) is 90.7 Å². The highest BCUT2D eigenvalue weighted by molar-refractivity contribution is 7.99. The van der Waals surface area contributed by atoms with Gasteiger partial charge in [-0.05, 0) is 25.1 Å². The molecule has 148 valence electrons. The summed E-state index contributed by atoms with van der Waals surface area (Å²) in [4.78, 5) is 16.1. The van der Waals surface area contributed by atoms with E-state index in [2.05, 4.69) is 9.72 Å². The van der Waals surface area contributed by atoms with Crippen molar-refractivity contribution in [3.63, 3.8) is 0 Å². The number of carbonyl (C=O) groups excluding carboxylic acids is 1. The second-order valence-electron chi connectivity index (χ2n) is 6.01. The van der Waals surface area contributed by atoms with Crippen molar-refractivity contribution in [1.82, 2.24) is 13.9 Å². The Labute approximate surface area is 162 Å². The van der Waals surface area contributed by atoms with Gasteiger partial charge in [0.15, 0.2) is 0 Å². The van der Waals surface area contributed by atoms with Crippen LogP contribution in [0.2, 0.25) is 0 Å². The van der Waals surface area contributed by atoms with E-state index < -0.39 is 10.0 Å². The molecule has 3 rings (SSSR count). The Morgan fingerprint density at radius 3 is 2.74 bits per heavy atom. The highest BCUT2D eigenvalue weighted by atomic mass is 32.2. The largest absolute Gasteiger partial charge is 0.468 e. The number of carbonyl (C=O) groups is 1. The minimum absolute atomic E-state index is 0.242. The Bertz CT molecular complexity index is 920. The monoisotopic (exact) mass is 413 g/mol. The number of benzene rings is 1. The van der Waals surface area contributed by atoms with Crippen molar-refractivity contribution in [1.29, 1.82) is 0 Å². The maximum atomic E-state index is 12.9. The summed E-state index contributed by atoms with van der Waals surface area (Å²) in [5.41, 5.74) is 1.52. The number of thioether (sulfide) groups is 1. The van der Waals surface area contributed by atoms with Crippen molar-refractivity contribution in [2.45, 2.75) is 24.1 Å². The number of aromatic nitrogens is 2. The van der Waals surface area contributed by atoms with Crippen LogP contribution in [0.4, 0.5) is 0 Å². The maximum Gasteiger partial charge on any atom is 0.315 e. The molecule has 1 aliphatic heterocycles. The van der Waals surface area contributed by atoms with Crippen molar-refractivity contribution in [2.24, 2.45) is 0 Å². The molecule has 0 spiro atoms. The van der Waals surface area contributed by atoms with E-state index in [-0.39, 0.29) is 16.6 Å². The van der Waals surface area contributed by atoms with E-state index >= 15 is 0 Å². The van der Waals surface area contributed by atoms with Crippen LogP contribution in [0, 0.1) is 0 Å². The number of aryl methyl sites for hydroxylation is 1. The fourth-order valence-corrected chi connectivity index (χ4v) is 5.22. The van der Waals surface area contributed by atoms with E-state index in [1.807, 2.05) is 11.5 Å². The summed E-state index contributed by atoms with van der Waals surface area (Å²) in [6, 6.07) is 5.06. The van der Waals surface area contributed by atoms with Crippen LogP contribution in [0.5, 0.6) is 0 Å². The van der Waals surface area contributed by atoms with Gasteiger partial charge in [0.1, 0.15) is 5.82 Å². The van der Waals surface area contributed by atoms with Crippen LogP contribution >= 0.6 is 11.8 Å². The average molecular weight is 414 g/mol. The maximum absolute atomic E-state index is 12.9. The molecule has 0 atom stereocenters. The van der Waals surface area contributed by atoms with E-state index in [4.69, 9.17) is 4.74 Å². The molecule has 0 radical (unpaired) electrons. The molecule has 1 aromatic carbocycles. The lowest BCUT2D eigenvalue weighted by atomic mass is 10.3. The standard InChI is InChI=1S/C17H23N3O5S2/c1-3-20-15-5-4-13(27(22,23)19-6-8-25-9-7-19)10-14(15)18-16(20)11-26-12-17(21)24-2/h4-5,10H,3,6-9,11-12H2,1-2H3. The predicted molar refractivity (Wildman–Crippen MR) is 103 cm³/mol. The SMILES string of the molecule is CCn1c(CSCC(=O)OC)nc2cc(S(=O)(=O)N3CCOCC3)ccc21. The van der Waals surface area contributed by atoms with Crippen LogP contribution in [0.1, 0.15) is 12.7 Å². The van der Waals surface area contributed by atoms with Gasteiger partial charge in [0.25, 0.3) is 0 Å². The molecule has 10 heteroatoms. The number of nitrogens with zero attached hydrogens (tertiary/aromatic N) is 3. The molecule has 1 aromatic heterocycles. The lowest BCUT2D eigenvalue weighted by Gasteiger charge is -2.26. The quantitative estimate of drug-likeness (QED) is 0.635. The number of esters is 1. The fourth-order valence-electron chi connectivity index (χ4n) is 3.00. The molecular weight excluding hydrogens is 390 g/mol. The van der Waals surface area contributed by atoms with Crippen molar-refractivity contribution in [2.75, 3.05) is 39.2 Å². The number of hydrogen-bond acceptors (Lipinski definition) is 7. The first-order chi connectivity index (χ1) is 13.0. The molecule has 1 saturated heterocycles. The molecule has 1 aliphatic rings. The third-order valence-electron chi connectivity index (χ3n) is 4.40. The van der Waals surface area contributed by atoms with Crippen LogP contribution in [-0.2, 0) is 36.6 Å². The lowest BCUT2D eigenvalue weighted by Crippen LogP contribution is -2.40. The molecule has 0 saturated carbocycles. The molecule has 0 amide bonds. The van der Waals surface area contributed by atoms with Gasteiger partial charge < -0.3 is 14.0 Å². The van der Waals surface area contributed by atoms with Gasteiger partial charge in [0, 0.05) is 19.6 Å². The summed E-state index contributed by atoms with van der Waals surface area (Å²) in [7, 11) is -2.20. The molecule has 27 heavy (non-hydrogen) atoms. The summed E-state index contributed by atoms with van der Waals surface area (Å²) in [6.45, 7) is 4.26. The number of ether oxygens (including phenoxy) is 2. The summed E-state index contributed by atoms with van der Waals surface area (Å²) >= 11 is 1.42. The van der Waals surface area contributed by atoms with Crippen LogP contribution in [0.25, 0.3) is 11.0 Å². The average Bonchev–Trinajstić information content (AvgIpc) is 3.04. The van der Waals surface area contributed by atoms with E-state index in [1.54, 1.807) is 18.2 Å². The van der Waals surface area contributed by atoms with Gasteiger partial charge >= 0.3 is 5.97 Å². The third kappa shape index (κ3) is 4.29. The molecule has 0 N–H and O–H groups in total. The smallest absolute Gasteiger partial charge is 0.315 e. The highest BCUT2D eigenvalue weighted by Crippen LogP contribution is 2.25. The second-order valence-corrected chi connectivity index (χ2v) is 8.93. The summed E-state index contributed by atoms with van der Waals surface area (Å²) in [6.07, 6.45) is 0. The van der Waals surface area contributed by atoms with Crippen LogP contribution < -0.4 is 0 Å². The molecule has 0 unspecified atom stereocenters. The first-order valence-corrected chi connectivity index (χ1v) is 11.3. The first-order valence-electron chi connectivity index (χ1n) is 8.69. The second kappa shape index (κ2) is 8.59. The molecule has 8 nitrogen and oxygen atoms in total. The Balaban J connectivity index is 1.87. The van der Waals surface area contributed by atoms with E-state index in [1.165, 1.54) is 23.2 Å². The zero-order chi connectivity index (χ0) is 19.4. The minimum atomic E-state index is -3.56. The Kier molecular flexibility index (Phi) is 6.40. The molecular formula is C17H23N3O5S2. The van der Waals surface area contributed by atoms with Gasteiger partial charge in [-0.25, -0.2) is 13.4 Å². The van der Waals surface area contributed by atoms with Gasteiger partial charge in [0.2, 0.25) is 10.0 Å². The summed E-state index contributed by atoms with van der Waals surface area (Å²) < 4.78 is 39.1. The summed E-state index contributed by atoms with van der Waals surface area (Å²) in [5, 5.41) is 0. The van der Waals surface area contributed by atoms with Gasteiger partial charge in [0.05, 0.1) is 47.8 Å². The van der Waals surface area contributed by atoms with E-state index in [0.29, 0.717) is 44.1 Å². The Morgan fingerprint density at radius 2 is 2.07 bits per heavy atom. The highest BCUT2D eigenvalue weighted by Gasteiger charge is 2.27. The number of methoxy groups -OCH3 is 1. The molecule has 0 bridgehead atoms. The number of rotatable bonds is 7. The zero-order valence-corrected chi connectivity index (χ0v) is 17.0. The van der Waals surface area contributed by atoms with Gasteiger partial charge in [-0.15, -0.1) is 11.8 Å². The zero-order valence-electron chi connectivity index (χ0n) is 15.4. The molecule has 0 aliphatic carbocycles. The number of morpholine rings is 1. The van der Waals surface area contributed by atoms with E-state index in [9.17, 15) is 13.2 Å². The minimum Gasteiger partial charge on any atom is -0.468 e. The van der Waals surface area contributed by atoms with Gasteiger partial charge in [-0.1, -0.05) is 0 Å². The normalized spacial score (nSPS) is 15.9. The van der Waals surface area contributed by atoms with Gasteiger partial charge in [-0.3, -0.25) is 4.79 Å². The third-order valence-corrected chi connectivity index (χ3v) is 7.20. The Morgan fingerprint density at radius 1 is 1.33 bits per heavy atom. The number of sulfonamides is 1. The van der Waals surface area contributed by atoms with Crippen LogP contribution in [-0.4, -0.2) is 67.4 Å². The van der Waals surface area contributed by atoms with Crippen molar-refractivity contribution in [3.05, 3.63) is 24.0 Å². The van der Waals surface area contributed by atoms with Crippen molar-refractivity contribution < 1.29 is 22.7 Å². The molecule has 2 heterocycles. The predicted octanol–water partition coefficient (Wildman–Crippen LogP) is 1.48. The molecule has 2 aromatic rings. The van der Waals surface area contributed by atoms with E-state index in [0.717, 1.165) is 11.3 Å². The van der Waals surface area contributed by atoms with Crippen LogP contribution in [0.3, 0.4) is 0 Å². The first kappa shape index (κ1) is 20.1. The lowest BCUT2D eigenvalue weighted by molar-refractivity contribution is -0.137. The number of fused-ring (bicyclic) bond motifs is 1. The fraction of sp³-hybridized carbons (Fsp3) is 0.529.